The second-order valence-corrected chi connectivity index (χ2v) is 5.63. The van der Waals surface area contributed by atoms with Gasteiger partial charge in [-0.2, -0.15) is 0 Å². The molecule has 1 aromatic carbocycles. The lowest BCUT2D eigenvalue weighted by Gasteiger charge is -2.32. The van der Waals surface area contributed by atoms with E-state index in [1.54, 1.807) is 0 Å². The third-order valence-electron chi connectivity index (χ3n) is 3.44. The predicted molar refractivity (Wildman–Crippen MR) is 77.1 cm³/mol. The first-order chi connectivity index (χ1) is 9.91. The van der Waals surface area contributed by atoms with Crippen LogP contribution in [-0.2, 0) is 4.79 Å². The normalized spacial score (nSPS) is 18.3. The summed E-state index contributed by atoms with van der Waals surface area (Å²) in [5.41, 5.74) is -0.0946. The van der Waals surface area contributed by atoms with Crippen LogP contribution in [-0.4, -0.2) is 39.4 Å². The SMILES string of the molecule is O=C(O)C1CCCCN1C(=O)c1ccc(Br)c([N+](=O)[O-])c1. The summed E-state index contributed by atoms with van der Waals surface area (Å²) in [5, 5.41) is 20.1. The molecule has 0 radical (unpaired) electrons. The summed E-state index contributed by atoms with van der Waals surface area (Å²) in [4.78, 5) is 35.2. The summed E-state index contributed by atoms with van der Waals surface area (Å²) in [6, 6.07) is 3.17. The lowest BCUT2D eigenvalue weighted by Crippen LogP contribution is -2.47. The molecule has 1 amide bonds. The minimum Gasteiger partial charge on any atom is -0.480 e. The molecular formula is C13H13BrN2O5. The predicted octanol–water partition coefficient (Wildman–Crippen LogP) is 2.44. The highest BCUT2D eigenvalue weighted by atomic mass is 79.9. The third kappa shape index (κ3) is 3.21. The Labute approximate surface area is 128 Å². The molecule has 0 aliphatic carbocycles. The van der Waals surface area contributed by atoms with Crippen LogP contribution in [0.3, 0.4) is 0 Å². The van der Waals surface area contributed by atoms with Gasteiger partial charge >= 0.3 is 5.97 Å². The van der Waals surface area contributed by atoms with Gasteiger partial charge in [0.2, 0.25) is 0 Å². The zero-order chi connectivity index (χ0) is 15.6. The molecule has 1 unspecified atom stereocenters. The van der Waals surface area contributed by atoms with Gasteiger partial charge in [-0.1, -0.05) is 0 Å². The molecule has 1 aliphatic rings. The van der Waals surface area contributed by atoms with Crippen molar-refractivity contribution in [3.05, 3.63) is 38.3 Å². The van der Waals surface area contributed by atoms with Gasteiger partial charge in [-0.3, -0.25) is 14.9 Å². The number of hydrogen-bond acceptors (Lipinski definition) is 4. The number of halogens is 1. The molecule has 1 aliphatic heterocycles. The average molecular weight is 357 g/mol. The van der Waals surface area contributed by atoms with Crippen LogP contribution in [0.4, 0.5) is 5.69 Å². The van der Waals surface area contributed by atoms with Gasteiger partial charge in [0.15, 0.2) is 0 Å². The molecule has 0 aromatic heterocycles. The molecule has 0 bridgehead atoms. The number of carboxylic acids is 1. The number of amides is 1. The number of rotatable bonds is 3. The van der Waals surface area contributed by atoms with E-state index in [0.29, 0.717) is 13.0 Å². The Morgan fingerprint density at radius 1 is 1.38 bits per heavy atom. The lowest BCUT2D eigenvalue weighted by molar-refractivity contribution is -0.385. The fourth-order valence-electron chi connectivity index (χ4n) is 2.38. The van der Waals surface area contributed by atoms with Crippen LogP contribution in [0.2, 0.25) is 0 Å². The number of benzene rings is 1. The van der Waals surface area contributed by atoms with Gasteiger partial charge in [0.25, 0.3) is 11.6 Å². The van der Waals surface area contributed by atoms with Crippen LogP contribution in [0.15, 0.2) is 22.7 Å². The Morgan fingerprint density at radius 2 is 2.10 bits per heavy atom. The second-order valence-electron chi connectivity index (χ2n) is 4.77. The number of aliphatic carboxylic acids is 1. The molecule has 1 fully saturated rings. The molecule has 8 heteroatoms. The van der Waals surface area contributed by atoms with E-state index in [9.17, 15) is 24.8 Å². The van der Waals surface area contributed by atoms with Crippen molar-refractivity contribution in [3.63, 3.8) is 0 Å². The van der Waals surface area contributed by atoms with E-state index in [0.717, 1.165) is 12.8 Å². The lowest BCUT2D eigenvalue weighted by atomic mass is 10.0. The Hall–Kier alpha value is -1.96. The van der Waals surface area contributed by atoms with Crippen LogP contribution in [0.25, 0.3) is 0 Å². The van der Waals surface area contributed by atoms with Crippen molar-refractivity contribution in [1.29, 1.82) is 0 Å². The molecule has 2 rings (SSSR count). The number of carbonyl (C=O) groups is 2. The average Bonchev–Trinajstić information content (AvgIpc) is 2.46. The van der Waals surface area contributed by atoms with Crippen molar-refractivity contribution < 1.29 is 19.6 Å². The third-order valence-corrected chi connectivity index (χ3v) is 4.11. The van der Waals surface area contributed by atoms with E-state index < -0.39 is 22.8 Å². The van der Waals surface area contributed by atoms with Gasteiger partial charge in [0.1, 0.15) is 6.04 Å². The van der Waals surface area contributed by atoms with Gasteiger partial charge in [0, 0.05) is 18.2 Å². The molecule has 0 saturated carbocycles. The van der Waals surface area contributed by atoms with Crippen molar-refractivity contribution in [1.82, 2.24) is 4.90 Å². The Bertz CT molecular complexity index is 604. The van der Waals surface area contributed by atoms with Crippen molar-refractivity contribution in [2.75, 3.05) is 6.54 Å². The fourth-order valence-corrected chi connectivity index (χ4v) is 2.77. The van der Waals surface area contributed by atoms with Crippen LogP contribution < -0.4 is 0 Å². The highest BCUT2D eigenvalue weighted by molar-refractivity contribution is 9.10. The van der Waals surface area contributed by atoms with Crippen LogP contribution in [0.1, 0.15) is 29.6 Å². The maximum Gasteiger partial charge on any atom is 0.326 e. The number of nitro groups is 1. The molecular weight excluding hydrogens is 344 g/mol. The maximum atomic E-state index is 12.4. The number of nitrogens with zero attached hydrogens (tertiary/aromatic N) is 2. The zero-order valence-corrected chi connectivity index (χ0v) is 12.6. The highest BCUT2D eigenvalue weighted by Gasteiger charge is 2.33. The largest absolute Gasteiger partial charge is 0.480 e. The molecule has 0 spiro atoms. The summed E-state index contributed by atoms with van der Waals surface area (Å²) in [6.45, 7) is 0.347. The highest BCUT2D eigenvalue weighted by Crippen LogP contribution is 2.27. The monoisotopic (exact) mass is 356 g/mol. The van der Waals surface area contributed by atoms with Crippen LogP contribution >= 0.6 is 15.9 Å². The summed E-state index contributed by atoms with van der Waals surface area (Å²) < 4.78 is 0.275. The number of nitro benzene ring substituents is 1. The molecule has 1 atom stereocenters. The number of carbonyl (C=O) groups excluding carboxylic acids is 1. The first-order valence-corrected chi connectivity index (χ1v) is 7.19. The molecule has 1 saturated heterocycles. The minimum absolute atomic E-state index is 0.123. The van der Waals surface area contributed by atoms with Crippen LogP contribution in [0, 0.1) is 10.1 Å². The van der Waals surface area contributed by atoms with Crippen molar-refractivity contribution in [2.45, 2.75) is 25.3 Å². The Morgan fingerprint density at radius 3 is 2.71 bits per heavy atom. The van der Waals surface area contributed by atoms with Crippen molar-refractivity contribution in [3.8, 4) is 0 Å². The first-order valence-electron chi connectivity index (χ1n) is 6.39. The number of likely N-dealkylation sites (tertiary alicyclic amines) is 1. The number of piperidine rings is 1. The number of carboxylic acid groups (broad SMARTS) is 1. The topological polar surface area (TPSA) is 101 Å². The van der Waals surface area contributed by atoms with E-state index in [2.05, 4.69) is 15.9 Å². The first kappa shape index (κ1) is 15.4. The quantitative estimate of drug-likeness (QED) is 0.661. The van der Waals surface area contributed by atoms with Gasteiger partial charge in [-0.05, 0) is 47.3 Å². The van der Waals surface area contributed by atoms with Crippen molar-refractivity contribution in [2.24, 2.45) is 0 Å². The fraction of sp³-hybridized carbons (Fsp3) is 0.385. The van der Waals surface area contributed by atoms with Gasteiger partial charge in [-0.15, -0.1) is 0 Å². The maximum absolute atomic E-state index is 12.4. The zero-order valence-electron chi connectivity index (χ0n) is 11.0. The standard InChI is InChI=1S/C13H13BrN2O5/c14-9-5-4-8(7-11(9)16(20)21)12(17)15-6-2-1-3-10(15)13(18)19/h4-5,7,10H,1-3,6H2,(H,18,19). The smallest absolute Gasteiger partial charge is 0.326 e. The summed E-state index contributed by atoms with van der Waals surface area (Å²) >= 11 is 3.05. The Kier molecular flexibility index (Phi) is 4.56. The molecule has 7 nitrogen and oxygen atoms in total. The summed E-state index contributed by atoms with van der Waals surface area (Å²) in [5.74, 6) is -1.53. The Balaban J connectivity index is 2.32. The van der Waals surface area contributed by atoms with E-state index in [4.69, 9.17) is 0 Å². The number of hydrogen-bond donors (Lipinski definition) is 1. The van der Waals surface area contributed by atoms with Crippen LogP contribution in [0.5, 0.6) is 0 Å². The van der Waals surface area contributed by atoms with E-state index in [1.165, 1.54) is 23.1 Å². The van der Waals surface area contributed by atoms with E-state index in [1.807, 2.05) is 0 Å². The second kappa shape index (κ2) is 6.21. The van der Waals surface area contributed by atoms with Gasteiger partial charge < -0.3 is 10.0 Å². The van der Waals surface area contributed by atoms with Crippen molar-refractivity contribution >= 4 is 33.5 Å². The van der Waals surface area contributed by atoms with Gasteiger partial charge in [0.05, 0.1) is 9.40 Å². The summed E-state index contributed by atoms with van der Waals surface area (Å²) in [6.07, 6.45) is 1.88. The molecule has 1 aromatic rings. The molecule has 1 N–H and O–H groups in total. The van der Waals surface area contributed by atoms with E-state index in [-0.39, 0.29) is 15.7 Å². The summed E-state index contributed by atoms with van der Waals surface area (Å²) in [7, 11) is 0. The molecule has 1 heterocycles. The van der Waals surface area contributed by atoms with Gasteiger partial charge in [-0.25, -0.2) is 4.79 Å². The van der Waals surface area contributed by atoms with E-state index >= 15 is 0 Å². The molecule has 112 valence electrons. The molecule has 21 heavy (non-hydrogen) atoms. The minimum atomic E-state index is -1.05.